The van der Waals surface area contributed by atoms with E-state index in [0.717, 1.165) is 23.5 Å². The molecule has 0 heterocycles. The fraction of sp³-hybridized carbons (Fsp3) is 0.441. The van der Waals surface area contributed by atoms with Crippen LogP contribution in [0, 0.1) is 5.92 Å². The van der Waals surface area contributed by atoms with Crippen LogP contribution in [0.5, 0.6) is 11.5 Å². The zero-order valence-electron chi connectivity index (χ0n) is 24.8. The molecule has 1 saturated carbocycles. The van der Waals surface area contributed by atoms with Gasteiger partial charge in [0, 0.05) is 5.69 Å². The van der Waals surface area contributed by atoms with Crippen molar-refractivity contribution < 1.29 is 27.2 Å². The fourth-order valence-electron chi connectivity index (χ4n) is 5.23. The SMILES string of the molecule is CC(C)(C)c1ccc(C(Cc2ccc(OCCS(=O)(=O)O)cc2)C(=O)Nc2ccc(OCC3CCCCC3)cc2)cc1. The zero-order valence-corrected chi connectivity index (χ0v) is 25.7. The lowest BCUT2D eigenvalue weighted by atomic mass is 9.84. The highest BCUT2D eigenvalue weighted by Crippen LogP contribution is 2.29. The maximum absolute atomic E-state index is 13.7. The number of hydrogen-bond donors (Lipinski definition) is 2. The smallest absolute Gasteiger partial charge is 0.268 e. The second-order valence-electron chi connectivity index (χ2n) is 12.2. The molecule has 8 heteroatoms. The topological polar surface area (TPSA) is 102 Å². The van der Waals surface area contributed by atoms with E-state index in [4.69, 9.17) is 14.0 Å². The second kappa shape index (κ2) is 14.2. The molecule has 3 aromatic rings. The summed E-state index contributed by atoms with van der Waals surface area (Å²) < 4.78 is 42.2. The Balaban J connectivity index is 1.44. The Morgan fingerprint density at radius 1 is 0.881 bits per heavy atom. The lowest BCUT2D eigenvalue weighted by molar-refractivity contribution is -0.117. The van der Waals surface area contributed by atoms with E-state index in [2.05, 4.69) is 38.2 Å². The van der Waals surface area contributed by atoms with Crippen molar-refractivity contribution in [1.29, 1.82) is 0 Å². The molecule has 1 atom stereocenters. The molecular formula is C34H43NO6S. The lowest BCUT2D eigenvalue weighted by Gasteiger charge is -2.22. The summed E-state index contributed by atoms with van der Waals surface area (Å²) >= 11 is 0. The van der Waals surface area contributed by atoms with Gasteiger partial charge in [-0.3, -0.25) is 9.35 Å². The average molecular weight is 594 g/mol. The van der Waals surface area contributed by atoms with Gasteiger partial charge in [-0.25, -0.2) is 0 Å². The van der Waals surface area contributed by atoms with Crippen molar-refractivity contribution in [3.8, 4) is 11.5 Å². The number of rotatable bonds is 12. The van der Waals surface area contributed by atoms with Gasteiger partial charge in [-0.2, -0.15) is 8.42 Å². The molecule has 0 aliphatic heterocycles. The molecule has 42 heavy (non-hydrogen) atoms. The Labute approximate surface area is 250 Å². The third-order valence-corrected chi connectivity index (χ3v) is 8.48. The molecule has 4 rings (SSSR count). The summed E-state index contributed by atoms with van der Waals surface area (Å²) in [6, 6.07) is 23.0. The van der Waals surface area contributed by atoms with Gasteiger partial charge in [0.25, 0.3) is 10.1 Å². The van der Waals surface area contributed by atoms with E-state index in [1.54, 1.807) is 12.1 Å². The van der Waals surface area contributed by atoms with E-state index < -0.39 is 21.8 Å². The summed E-state index contributed by atoms with van der Waals surface area (Å²) in [6.07, 6.45) is 6.83. The van der Waals surface area contributed by atoms with Crippen molar-refractivity contribution in [2.24, 2.45) is 5.92 Å². The van der Waals surface area contributed by atoms with Gasteiger partial charge >= 0.3 is 0 Å². The van der Waals surface area contributed by atoms with E-state index in [0.29, 0.717) is 23.8 Å². The van der Waals surface area contributed by atoms with Crippen LogP contribution in [0.4, 0.5) is 5.69 Å². The fourth-order valence-corrected chi connectivity index (χ4v) is 5.53. The minimum absolute atomic E-state index is 0.00226. The van der Waals surface area contributed by atoms with Crippen molar-refractivity contribution in [3.63, 3.8) is 0 Å². The van der Waals surface area contributed by atoms with Gasteiger partial charge in [0.15, 0.2) is 0 Å². The maximum atomic E-state index is 13.7. The zero-order chi connectivity index (χ0) is 30.2. The van der Waals surface area contributed by atoms with E-state index in [9.17, 15) is 13.2 Å². The first-order valence-electron chi connectivity index (χ1n) is 14.8. The second-order valence-corrected chi connectivity index (χ2v) is 13.8. The first-order chi connectivity index (χ1) is 20.0. The van der Waals surface area contributed by atoms with Crippen molar-refractivity contribution in [1.82, 2.24) is 0 Å². The molecule has 1 aliphatic rings. The van der Waals surface area contributed by atoms with Crippen LogP contribution >= 0.6 is 0 Å². The molecular weight excluding hydrogens is 550 g/mol. The normalized spacial score (nSPS) is 15.1. The van der Waals surface area contributed by atoms with Crippen molar-refractivity contribution >= 4 is 21.7 Å². The summed E-state index contributed by atoms with van der Waals surface area (Å²) in [5.74, 6) is 0.904. The Kier molecular flexibility index (Phi) is 10.7. The van der Waals surface area contributed by atoms with Crippen molar-refractivity contribution in [2.75, 3.05) is 24.3 Å². The molecule has 7 nitrogen and oxygen atoms in total. The molecule has 0 aromatic heterocycles. The van der Waals surface area contributed by atoms with Crippen molar-refractivity contribution in [2.45, 2.75) is 70.6 Å². The third-order valence-electron chi connectivity index (χ3n) is 7.80. The van der Waals surface area contributed by atoms with Crippen molar-refractivity contribution in [3.05, 3.63) is 89.5 Å². The first kappa shape index (κ1) is 31.6. The highest BCUT2D eigenvalue weighted by molar-refractivity contribution is 7.85. The predicted molar refractivity (Wildman–Crippen MR) is 167 cm³/mol. The monoisotopic (exact) mass is 593 g/mol. The van der Waals surface area contributed by atoms with Crippen LogP contribution in [0.2, 0.25) is 0 Å². The summed E-state index contributed by atoms with van der Waals surface area (Å²) in [6.45, 7) is 7.08. The van der Waals surface area contributed by atoms with E-state index in [1.165, 1.54) is 37.7 Å². The molecule has 0 saturated heterocycles. The molecule has 1 amide bonds. The number of hydrogen-bond acceptors (Lipinski definition) is 5. The van der Waals surface area contributed by atoms with Crippen LogP contribution in [-0.4, -0.2) is 37.8 Å². The Morgan fingerprint density at radius 2 is 1.48 bits per heavy atom. The van der Waals surface area contributed by atoms with E-state index in [-0.39, 0.29) is 17.9 Å². The van der Waals surface area contributed by atoms with E-state index >= 15 is 0 Å². The quantitative estimate of drug-likeness (QED) is 0.216. The summed E-state index contributed by atoms with van der Waals surface area (Å²) in [7, 11) is -4.08. The van der Waals surface area contributed by atoms with Crippen LogP contribution < -0.4 is 14.8 Å². The largest absolute Gasteiger partial charge is 0.493 e. The Hall–Kier alpha value is -3.36. The molecule has 1 aliphatic carbocycles. The number of benzene rings is 3. The first-order valence-corrected chi connectivity index (χ1v) is 16.4. The van der Waals surface area contributed by atoms with Gasteiger partial charge in [0.2, 0.25) is 5.91 Å². The molecule has 2 N–H and O–H groups in total. The van der Waals surface area contributed by atoms with Crippen LogP contribution in [0.15, 0.2) is 72.8 Å². The van der Waals surface area contributed by atoms with Gasteiger partial charge in [0.05, 0.1) is 12.5 Å². The summed E-state index contributed by atoms with van der Waals surface area (Å²) in [4.78, 5) is 13.7. The highest BCUT2D eigenvalue weighted by Gasteiger charge is 2.23. The number of nitrogens with one attached hydrogen (secondary N) is 1. The average Bonchev–Trinajstić information content (AvgIpc) is 2.96. The molecule has 1 unspecified atom stereocenters. The molecule has 1 fully saturated rings. The van der Waals surface area contributed by atoms with Crippen LogP contribution in [-0.2, 0) is 26.7 Å². The van der Waals surface area contributed by atoms with Gasteiger partial charge < -0.3 is 14.8 Å². The number of ether oxygens (including phenoxy) is 2. The van der Waals surface area contributed by atoms with Crippen LogP contribution in [0.25, 0.3) is 0 Å². The minimum atomic E-state index is -4.08. The van der Waals surface area contributed by atoms with Crippen LogP contribution in [0.1, 0.15) is 75.5 Å². The molecule has 226 valence electrons. The maximum Gasteiger partial charge on any atom is 0.268 e. The summed E-state index contributed by atoms with van der Waals surface area (Å²) in [5.41, 5.74) is 3.76. The number of carbonyl (C=O) groups excluding carboxylic acids is 1. The molecule has 3 aromatic carbocycles. The number of anilines is 1. The van der Waals surface area contributed by atoms with E-state index in [1.807, 2.05) is 48.5 Å². The van der Waals surface area contributed by atoms with Gasteiger partial charge in [-0.1, -0.05) is 76.4 Å². The Bertz CT molecular complexity index is 1390. The Morgan fingerprint density at radius 3 is 2.07 bits per heavy atom. The minimum Gasteiger partial charge on any atom is -0.493 e. The summed E-state index contributed by atoms with van der Waals surface area (Å²) in [5, 5.41) is 3.09. The predicted octanol–water partition coefficient (Wildman–Crippen LogP) is 7.17. The highest BCUT2D eigenvalue weighted by atomic mass is 32.2. The molecule has 0 radical (unpaired) electrons. The number of carbonyl (C=O) groups is 1. The van der Waals surface area contributed by atoms with Crippen LogP contribution in [0.3, 0.4) is 0 Å². The molecule has 0 spiro atoms. The van der Waals surface area contributed by atoms with Gasteiger partial charge in [-0.05, 0) is 83.7 Å². The third kappa shape index (κ3) is 9.88. The van der Waals surface area contributed by atoms with Gasteiger partial charge in [0.1, 0.15) is 23.9 Å². The standard InChI is InChI=1S/C34H43NO6S/c1-34(2,3)28-13-11-27(12-14-28)32(23-25-9-17-30(18-10-25)40-21-22-42(37,38)39)33(36)35-29-15-19-31(20-16-29)41-24-26-7-5-4-6-8-26/h9-20,26,32H,4-8,21-24H2,1-3H3,(H,35,36)(H,37,38,39). The number of amides is 1. The molecule has 0 bridgehead atoms. The lowest BCUT2D eigenvalue weighted by Crippen LogP contribution is -2.23. The van der Waals surface area contributed by atoms with Gasteiger partial charge in [-0.15, -0.1) is 0 Å².